The van der Waals surface area contributed by atoms with Crippen LogP contribution >= 0.6 is 0 Å². The van der Waals surface area contributed by atoms with Gasteiger partial charge < -0.3 is 14.8 Å². The average Bonchev–Trinajstić information content (AvgIpc) is 2.21. The highest BCUT2D eigenvalue weighted by Gasteiger charge is 1.89. The van der Waals surface area contributed by atoms with Gasteiger partial charge in [0.25, 0.3) is 0 Å². The summed E-state index contributed by atoms with van der Waals surface area (Å²) >= 11 is 0. The Morgan fingerprint density at radius 2 is 2.00 bits per heavy atom. The molecule has 0 bridgehead atoms. The van der Waals surface area contributed by atoms with Gasteiger partial charge in [-0.15, -0.1) is 6.58 Å². The maximum Gasteiger partial charge on any atom is 0.0591 e. The highest BCUT2D eigenvalue weighted by molar-refractivity contribution is 4.64. The molecule has 0 aromatic carbocycles. The van der Waals surface area contributed by atoms with Crippen molar-refractivity contribution in [1.29, 1.82) is 0 Å². The second kappa shape index (κ2) is 12.6. The van der Waals surface area contributed by atoms with E-state index in [2.05, 4.69) is 11.9 Å². The first-order valence-corrected chi connectivity index (χ1v) is 5.39. The maximum absolute atomic E-state index is 5.34. The Morgan fingerprint density at radius 1 is 1.14 bits per heavy atom. The average molecular weight is 201 g/mol. The SMILES string of the molecule is C=CCCOCCNCCCOCC. The lowest BCUT2D eigenvalue weighted by Crippen LogP contribution is -2.22. The van der Waals surface area contributed by atoms with Crippen LogP contribution in [0.25, 0.3) is 0 Å². The van der Waals surface area contributed by atoms with E-state index < -0.39 is 0 Å². The van der Waals surface area contributed by atoms with Crippen LogP contribution in [-0.4, -0.2) is 39.5 Å². The Labute approximate surface area is 87.5 Å². The summed E-state index contributed by atoms with van der Waals surface area (Å²) < 4.78 is 10.5. The lowest BCUT2D eigenvalue weighted by molar-refractivity contribution is 0.134. The summed E-state index contributed by atoms with van der Waals surface area (Å²) in [6, 6.07) is 0. The molecule has 0 spiro atoms. The highest BCUT2D eigenvalue weighted by atomic mass is 16.5. The van der Waals surface area contributed by atoms with Gasteiger partial charge in [0.15, 0.2) is 0 Å². The van der Waals surface area contributed by atoms with Gasteiger partial charge in [0.2, 0.25) is 0 Å². The van der Waals surface area contributed by atoms with Gasteiger partial charge in [-0.05, 0) is 26.3 Å². The number of hydrogen-bond donors (Lipinski definition) is 1. The van der Waals surface area contributed by atoms with Gasteiger partial charge in [-0.1, -0.05) is 6.08 Å². The van der Waals surface area contributed by atoms with Crippen molar-refractivity contribution in [2.45, 2.75) is 19.8 Å². The quantitative estimate of drug-likeness (QED) is 0.407. The molecule has 0 aromatic rings. The van der Waals surface area contributed by atoms with Crippen LogP contribution in [0.1, 0.15) is 19.8 Å². The van der Waals surface area contributed by atoms with Crippen LogP contribution in [0, 0.1) is 0 Å². The standard InChI is InChI=1S/C11H23NO2/c1-3-5-9-14-11-8-12-7-6-10-13-4-2/h3,12H,1,4-11H2,2H3. The van der Waals surface area contributed by atoms with Gasteiger partial charge >= 0.3 is 0 Å². The summed E-state index contributed by atoms with van der Waals surface area (Å²) in [7, 11) is 0. The predicted octanol–water partition coefficient (Wildman–Crippen LogP) is 1.60. The fraction of sp³-hybridized carbons (Fsp3) is 0.818. The molecule has 1 N–H and O–H groups in total. The molecule has 0 fully saturated rings. The summed E-state index contributed by atoms with van der Waals surface area (Å²) in [5.74, 6) is 0. The van der Waals surface area contributed by atoms with E-state index in [1.54, 1.807) is 0 Å². The minimum atomic E-state index is 0.780. The molecule has 0 aliphatic carbocycles. The van der Waals surface area contributed by atoms with E-state index in [1.807, 2.05) is 13.0 Å². The van der Waals surface area contributed by atoms with E-state index in [0.717, 1.165) is 52.4 Å². The van der Waals surface area contributed by atoms with Crippen molar-refractivity contribution in [1.82, 2.24) is 5.32 Å². The van der Waals surface area contributed by atoms with Crippen molar-refractivity contribution in [3.05, 3.63) is 12.7 Å². The molecule has 0 aromatic heterocycles. The second-order valence-corrected chi connectivity index (χ2v) is 2.99. The number of hydrogen-bond acceptors (Lipinski definition) is 3. The molecule has 0 atom stereocenters. The number of rotatable bonds is 11. The Morgan fingerprint density at radius 3 is 2.71 bits per heavy atom. The summed E-state index contributed by atoms with van der Waals surface area (Å²) in [6.07, 6.45) is 3.88. The third-order valence-corrected chi connectivity index (χ3v) is 1.74. The largest absolute Gasteiger partial charge is 0.382 e. The predicted molar refractivity (Wildman–Crippen MR) is 59.6 cm³/mol. The Kier molecular flexibility index (Phi) is 12.3. The molecular formula is C11H23NO2. The molecule has 0 aliphatic heterocycles. The normalized spacial score (nSPS) is 10.4. The van der Waals surface area contributed by atoms with Crippen LogP contribution < -0.4 is 5.32 Å². The van der Waals surface area contributed by atoms with Crippen molar-refractivity contribution < 1.29 is 9.47 Å². The minimum Gasteiger partial charge on any atom is -0.382 e. The lowest BCUT2D eigenvalue weighted by atomic mass is 10.4. The first-order valence-electron chi connectivity index (χ1n) is 5.39. The third kappa shape index (κ3) is 11.6. The zero-order valence-corrected chi connectivity index (χ0v) is 9.26. The fourth-order valence-electron chi connectivity index (χ4n) is 0.982. The van der Waals surface area contributed by atoms with Crippen molar-refractivity contribution in [3.8, 4) is 0 Å². The van der Waals surface area contributed by atoms with Crippen LogP contribution in [0.4, 0.5) is 0 Å². The Bertz CT molecular complexity index is 118. The highest BCUT2D eigenvalue weighted by Crippen LogP contribution is 1.82. The minimum absolute atomic E-state index is 0.780. The van der Waals surface area contributed by atoms with Crippen molar-refractivity contribution in [2.24, 2.45) is 0 Å². The summed E-state index contributed by atoms with van der Waals surface area (Å²) in [5, 5.41) is 3.29. The Balaban J connectivity index is 2.81. The fourth-order valence-corrected chi connectivity index (χ4v) is 0.982. The van der Waals surface area contributed by atoms with Crippen LogP contribution in [0.3, 0.4) is 0 Å². The molecular weight excluding hydrogens is 178 g/mol. The van der Waals surface area contributed by atoms with E-state index in [-0.39, 0.29) is 0 Å². The Hall–Kier alpha value is -0.380. The monoisotopic (exact) mass is 201 g/mol. The van der Waals surface area contributed by atoms with Crippen molar-refractivity contribution in [2.75, 3.05) is 39.5 Å². The molecule has 14 heavy (non-hydrogen) atoms. The van der Waals surface area contributed by atoms with E-state index in [1.165, 1.54) is 0 Å². The summed E-state index contributed by atoms with van der Waals surface area (Å²) in [6.45, 7) is 10.8. The van der Waals surface area contributed by atoms with Crippen LogP contribution in [0.15, 0.2) is 12.7 Å². The molecule has 0 rings (SSSR count). The van der Waals surface area contributed by atoms with E-state index >= 15 is 0 Å². The van der Waals surface area contributed by atoms with E-state index in [0.29, 0.717) is 0 Å². The van der Waals surface area contributed by atoms with Gasteiger partial charge in [0.05, 0.1) is 13.2 Å². The van der Waals surface area contributed by atoms with Gasteiger partial charge in [-0.2, -0.15) is 0 Å². The second-order valence-electron chi connectivity index (χ2n) is 2.99. The lowest BCUT2D eigenvalue weighted by Gasteiger charge is -2.05. The molecule has 84 valence electrons. The van der Waals surface area contributed by atoms with Crippen LogP contribution in [0.2, 0.25) is 0 Å². The summed E-state index contributed by atoms with van der Waals surface area (Å²) in [5.41, 5.74) is 0. The number of nitrogens with one attached hydrogen (secondary N) is 1. The summed E-state index contributed by atoms with van der Waals surface area (Å²) in [4.78, 5) is 0. The number of ether oxygens (including phenoxy) is 2. The van der Waals surface area contributed by atoms with Gasteiger partial charge in [-0.25, -0.2) is 0 Å². The first kappa shape index (κ1) is 13.6. The molecule has 0 heterocycles. The van der Waals surface area contributed by atoms with E-state index in [4.69, 9.17) is 9.47 Å². The molecule has 0 saturated carbocycles. The third-order valence-electron chi connectivity index (χ3n) is 1.74. The smallest absolute Gasteiger partial charge is 0.0591 e. The molecule has 3 heteroatoms. The zero-order valence-electron chi connectivity index (χ0n) is 9.26. The molecule has 0 unspecified atom stereocenters. The molecule has 3 nitrogen and oxygen atoms in total. The van der Waals surface area contributed by atoms with Gasteiger partial charge in [0.1, 0.15) is 0 Å². The van der Waals surface area contributed by atoms with Crippen molar-refractivity contribution >= 4 is 0 Å². The van der Waals surface area contributed by atoms with Gasteiger partial charge in [-0.3, -0.25) is 0 Å². The molecule has 0 radical (unpaired) electrons. The van der Waals surface area contributed by atoms with E-state index in [9.17, 15) is 0 Å². The van der Waals surface area contributed by atoms with Crippen LogP contribution in [0.5, 0.6) is 0 Å². The molecule has 0 aliphatic rings. The van der Waals surface area contributed by atoms with Gasteiger partial charge in [0, 0.05) is 19.8 Å². The van der Waals surface area contributed by atoms with Crippen LogP contribution in [-0.2, 0) is 9.47 Å². The maximum atomic E-state index is 5.34. The first-order chi connectivity index (χ1) is 6.91. The van der Waals surface area contributed by atoms with Crippen molar-refractivity contribution in [3.63, 3.8) is 0 Å². The molecule has 0 amide bonds. The topological polar surface area (TPSA) is 30.5 Å². The molecule has 0 saturated heterocycles. The zero-order chi connectivity index (χ0) is 10.5.